The van der Waals surface area contributed by atoms with E-state index in [0.717, 1.165) is 42.7 Å². The zero-order valence-corrected chi connectivity index (χ0v) is 14.2. The van der Waals surface area contributed by atoms with Gasteiger partial charge in [-0.1, -0.05) is 31.2 Å². The van der Waals surface area contributed by atoms with Crippen LogP contribution in [-0.2, 0) is 25.8 Å². The van der Waals surface area contributed by atoms with Crippen molar-refractivity contribution < 1.29 is 14.3 Å². The number of para-hydroxylation sites is 1. The Kier molecular flexibility index (Phi) is 4.06. The van der Waals surface area contributed by atoms with Crippen LogP contribution in [0.4, 0.5) is 0 Å². The molecule has 1 atom stereocenters. The molecular weight excluding hydrogens is 314 g/mol. The van der Waals surface area contributed by atoms with E-state index in [-0.39, 0.29) is 0 Å². The third kappa shape index (κ3) is 2.94. The van der Waals surface area contributed by atoms with E-state index in [9.17, 15) is 4.79 Å². The Hall–Kier alpha value is -2.59. The van der Waals surface area contributed by atoms with Crippen molar-refractivity contribution in [2.45, 2.75) is 38.8 Å². The van der Waals surface area contributed by atoms with Crippen molar-refractivity contribution in [2.75, 3.05) is 0 Å². The normalized spacial score (nSPS) is 16.3. The summed E-state index contributed by atoms with van der Waals surface area (Å²) in [6, 6.07) is 13.9. The maximum absolute atomic E-state index is 11.1. The first kappa shape index (κ1) is 15.9. The maximum atomic E-state index is 11.1. The molecule has 0 amide bonds. The number of aromatic carboxylic acids is 1. The smallest absolute Gasteiger partial charge is 0.335 e. The third-order valence-corrected chi connectivity index (χ3v) is 5.06. The molecular formula is C21H21NO3. The van der Waals surface area contributed by atoms with Crippen LogP contribution < -0.4 is 5.32 Å². The number of hydrogen-bond acceptors (Lipinski definition) is 3. The van der Waals surface area contributed by atoms with Crippen LogP contribution in [0.5, 0.6) is 0 Å². The Bertz CT molecular complexity index is 941. The van der Waals surface area contributed by atoms with Crippen LogP contribution in [-0.4, -0.2) is 17.1 Å². The molecule has 0 bridgehead atoms. The van der Waals surface area contributed by atoms with Crippen molar-refractivity contribution in [3.63, 3.8) is 0 Å². The fourth-order valence-corrected chi connectivity index (χ4v) is 3.77. The van der Waals surface area contributed by atoms with Gasteiger partial charge in [0.25, 0.3) is 0 Å². The molecule has 2 aromatic carbocycles. The minimum atomic E-state index is -0.864. The number of fused-ring (bicyclic) bond motifs is 2. The van der Waals surface area contributed by atoms with Gasteiger partial charge < -0.3 is 14.8 Å². The van der Waals surface area contributed by atoms with E-state index in [2.05, 4.69) is 18.3 Å². The molecule has 4 rings (SSSR count). The van der Waals surface area contributed by atoms with E-state index in [1.54, 1.807) is 6.07 Å². The topological polar surface area (TPSA) is 62.5 Å². The Morgan fingerprint density at radius 2 is 2.00 bits per heavy atom. The van der Waals surface area contributed by atoms with Crippen molar-refractivity contribution in [3.8, 4) is 0 Å². The van der Waals surface area contributed by atoms with Gasteiger partial charge in [-0.2, -0.15) is 0 Å². The summed E-state index contributed by atoms with van der Waals surface area (Å²) in [6.07, 6.45) is 2.68. The van der Waals surface area contributed by atoms with Gasteiger partial charge in [-0.05, 0) is 42.2 Å². The zero-order valence-electron chi connectivity index (χ0n) is 14.2. The predicted molar refractivity (Wildman–Crippen MR) is 97.0 cm³/mol. The predicted octanol–water partition coefficient (Wildman–Crippen LogP) is 3.95. The molecule has 0 fully saturated rings. The summed E-state index contributed by atoms with van der Waals surface area (Å²) < 4.78 is 5.96. The third-order valence-electron chi connectivity index (χ3n) is 5.06. The number of furan rings is 1. The van der Waals surface area contributed by atoms with E-state index < -0.39 is 5.97 Å². The number of rotatable bonds is 5. The Balaban J connectivity index is 1.50. The fourth-order valence-electron chi connectivity index (χ4n) is 3.77. The van der Waals surface area contributed by atoms with E-state index in [1.807, 2.05) is 30.3 Å². The monoisotopic (exact) mass is 335 g/mol. The summed E-state index contributed by atoms with van der Waals surface area (Å²) in [4.78, 5) is 11.1. The fraction of sp³-hybridized carbons (Fsp3) is 0.286. The number of hydrogen-bond donors (Lipinski definition) is 2. The lowest BCUT2D eigenvalue weighted by atomic mass is 10.1. The lowest BCUT2D eigenvalue weighted by Gasteiger charge is -2.12. The summed E-state index contributed by atoms with van der Waals surface area (Å²) in [5.41, 5.74) is 4.94. The van der Waals surface area contributed by atoms with Crippen molar-refractivity contribution in [3.05, 3.63) is 70.5 Å². The largest absolute Gasteiger partial charge is 0.478 e. The summed E-state index contributed by atoms with van der Waals surface area (Å²) in [6.45, 7) is 2.88. The number of benzene rings is 2. The number of carboxylic acid groups (broad SMARTS) is 1. The van der Waals surface area contributed by atoms with Gasteiger partial charge in [0.1, 0.15) is 11.3 Å². The second-order valence-electron chi connectivity index (χ2n) is 6.63. The summed E-state index contributed by atoms with van der Waals surface area (Å²) in [5, 5.41) is 14.0. The molecule has 0 radical (unpaired) electrons. The lowest BCUT2D eigenvalue weighted by Crippen LogP contribution is -2.29. The molecule has 0 aliphatic heterocycles. The average molecular weight is 335 g/mol. The van der Waals surface area contributed by atoms with Gasteiger partial charge in [0.15, 0.2) is 0 Å². The van der Waals surface area contributed by atoms with Crippen molar-refractivity contribution >= 4 is 16.9 Å². The van der Waals surface area contributed by atoms with E-state index in [4.69, 9.17) is 9.52 Å². The number of carbonyl (C=O) groups is 1. The van der Waals surface area contributed by atoms with Crippen molar-refractivity contribution in [1.29, 1.82) is 0 Å². The highest BCUT2D eigenvalue weighted by Gasteiger charge is 2.23. The highest BCUT2D eigenvalue weighted by molar-refractivity contribution is 5.88. The standard InChI is InChI=1S/C21H21NO3/c1-2-19-18(17-5-3-4-6-20(17)25-19)12-22-16-10-13-7-8-14(21(23)24)9-15(13)11-16/h3-9,16,22H,2,10-12H2,1H3,(H,23,24). The van der Waals surface area contributed by atoms with Crippen LogP contribution in [0.1, 0.15) is 39.7 Å². The number of aryl methyl sites for hydroxylation is 1. The highest BCUT2D eigenvalue weighted by Crippen LogP contribution is 2.28. The minimum Gasteiger partial charge on any atom is -0.478 e. The van der Waals surface area contributed by atoms with E-state index in [1.165, 1.54) is 16.5 Å². The van der Waals surface area contributed by atoms with Crippen molar-refractivity contribution in [2.24, 2.45) is 0 Å². The summed E-state index contributed by atoms with van der Waals surface area (Å²) >= 11 is 0. The molecule has 1 aliphatic rings. The SMILES string of the molecule is CCc1oc2ccccc2c1CNC1Cc2ccc(C(=O)O)cc2C1. The second kappa shape index (κ2) is 6.37. The first-order valence-corrected chi connectivity index (χ1v) is 8.73. The molecule has 4 nitrogen and oxygen atoms in total. The molecule has 0 saturated heterocycles. The molecule has 1 aliphatic carbocycles. The first-order chi connectivity index (χ1) is 12.2. The van der Waals surface area contributed by atoms with Gasteiger partial charge >= 0.3 is 5.97 Å². The molecule has 2 N–H and O–H groups in total. The van der Waals surface area contributed by atoms with Crippen LogP contribution in [0, 0.1) is 0 Å². The second-order valence-corrected chi connectivity index (χ2v) is 6.63. The molecule has 1 unspecified atom stereocenters. The molecule has 4 heteroatoms. The van der Waals surface area contributed by atoms with Gasteiger partial charge in [-0.3, -0.25) is 0 Å². The maximum Gasteiger partial charge on any atom is 0.335 e. The molecule has 128 valence electrons. The van der Waals surface area contributed by atoms with Gasteiger partial charge in [-0.25, -0.2) is 4.79 Å². The van der Waals surface area contributed by atoms with Crippen LogP contribution in [0.2, 0.25) is 0 Å². The first-order valence-electron chi connectivity index (χ1n) is 8.73. The Labute approximate surface area is 146 Å². The molecule has 3 aromatic rings. The minimum absolute atomic E-state index is 0.331. The average Bonchev–Trinajstić information content (AvgIpc) is 3.19. The lowest BCUT2D eigenvalue weighted by molar-refractivity contribution is 0.0696. The summed E-state index contributed by atoms with van der Waals surface area (Å²) in [5.74, 6) is 0.175. The quantitative estimate of drug-likeness (QED) is 0.741. The Morgan fingerprint density at radius 3 is 2.80 bits per heavy atom. The molecule has 25 heavy (non-hydrogen) atoms. The Morgan fingerprint density at radius 1 is 1.20 bits per heavy atom. The van der Waals surface area contributed by atoms with Gasteiger partial charge in [-0.15, -0.1) is 0 Å². The van der Waals surface area contributed by atoms with Crippen LogP contribution >= 0.6 is 0 Å². The highest BCUT2D eigenvalue weighted by atomic mass is 16.4. The van der Waals surface area contributed by atoms with Crippen LogP contribution in [0.25, 0.3) is 11.0 Å². The molecule has 1 aromatic heterocycles. The number of carboxylic acids is 1. The van der Waals surface area contributed by atoms with Gasteiger partial charge in [0, 0.05) is 30.0 Å². The number of nitrogens with one attached hydrogen (secondary N) is 1. The summed E-state index contributed by atoms with van der Waals surface area (Å²) in [7, 11) is 0. The van der Waals surface area contributed by atoms with E-state index in [0.29, 0.717) is 11.6 Å². The van der Waals surface area contributed by atoms with E-state index >= 15 is 0 Å². The molecule has 0 spiro atoms. The van der Waals surface area contributed by atoms with Gasteiger partial charge in [0.05, 0.1) is 5.56 Å². The zero-order chi connectivity index (χ0) is 17.4. The molecule has 0 saturated carbocycles. The van der Waals surface area contributed by atoms with Crippen LogP contribution in [0.3, 0.4) is 0 Å². The van der Waals surface area contributed by atoms with Gasteiger partial charge in [0.2, 0.25) is 0 Å². The van der Waals surface area contributed by atoms with Crippen molar-refractivity contribution in [1.82, 2.24) is 5.32 Å². The molecule has 1 heterocycles. The van der Waals surface area contributed by atoms with Crippen LogP contribution in [0.15, 0.2) is 46.9 Å².